The third-order valence-corrected chi connectivity index (χ3v) is 5.90. The molecule has 3 rings (SSSR count). The predicted octanol–water partition coefficient (Wildman–Crippen LogP) is 1.73. The molecule has 2 fully saturated rings. The molecule has 2 saturated heterocycles. The van der Waals surface area contributed by atoms with Crippen molar-refractivity contribution in [2.75, 3.05) is 63.8 Å². The van der Waals surface area contributed by atoms with Gasteiger partial charge in [0.15, 0.2) is 5.96 Å². The van der Waals surface area contributed by atoms with Gasteiger partial charge in [0.1, 0.15) is 5.82 Å². The Morgan fingerprint density at radius 1 is 1.21 bits per heavy atom. The second-order valence-corrected chi connectivity index (χ2v) is 7.71. The number of hydrogen-bond donors (Lipinski definition) is 2. The summed E-state index contributed by atoms with van der Waals surface area (Å²) in [5.74, 6) is 0.432. The number of guanidine groups is 1. The van der Waals surface area contributed by atoms with E-state index in [1.807, 2.05) is 12.1 Å². The number of rotatable bonds is 8. The van der Waals surface area contributed by atoms with E-state index in [0.717, 1.165) is 64.5 Å². The molecule has 2 aliphatic rings. The fourth-order valence-corrected chi connectivity index (χ4v) is 4.22. The number of piperazine rings is 1. The van der Waals surface area contributed by atoms with Crippen molar-refractivity contribution in [3.63, 3.8) is 0 Å². The van der Waals surface area contributed by atoms with Crippen molar-refractivity contribution in [1.29, 1.82) is 0 Å². The van der Waals surface area contributed by atoms with Gasteiger partial charge in [0.05, 0.1) is 12.2 Å². The van der Waals surface area contributed by atoms with Crippen molar-refractivity contribution in [1.82, 2.24) is 15.1 Å². The molecule has 0 aromatic heterocycles. The minimum absolute atomic E-state index is 0.130. The molecular weight excluding hydrogens is 355 g/mol. The van der Waals surface area contributed by atoms with E-state index in [9.17, 15) is 4.39 Å². The van der Waals surface area contributed by atoms with E-state index in [4.69, 9.17) is 5.73 Å². The summed E-state index contributed by atoms with van der Waals surface area (Å²) in [7, 11) is 0. The molecule has 0 saturated carbocycles. The van der Waals surface area contributed by atoms with Crippen molar-refractivity contribution in [3.8, 4) is 0 Å². The van der Waals surface area contributed by atoms with E-state index in [2.05, 4.69) is 31.9 Å². The monoisotopic (exact) mass is 390 g/mol. The highest BCUT2D eigenvalue weighted by Crippen LogP contribution is 2.20. The van der Waals surface area contributed by atoms with Crippen molar-refractivity contribution >= 4 is 11.6 Å². The van der Waals surface area contributed by atoms with Crippen LogP contribution in [0.25, 0.3) is 0 Å². The Kier molecular flexibility index (Phi) is 7.91. The molecule has 1 aromatic carbocycles. The van der Waals surface area contributed by atoms with E-state index < -0.39 is 0 Å². The maximum Gasteiger partial charge on any atom is 0.188 e. The molecule has 1 atom stereocenters. The fourth-order valence-electron chi connectivity index (χ4n) is 4.22. The molecule has 3 N–H and O–H groups in total. The number of halogens is 1. The maximum atomic E-state index is 13.9. The van der Waals surface area contributed by atoms with E-state index in [1.54, 1.807) is 6.07 Å². The van der Waals surface area contributed by atoms with Crippen LogP contribution in [0, 0.1) is 5.82 Å². The molecule has 0 radical (unpaired) electrons. The number of aliphatic imine (C=N–C) groups is 1. The normalized spacial score (nSPS) is 22.0. The molecule has 0 spiro atoms. The molecule has 0 bridgehead atoms. The molecule has 2 aliphatic heterocycles. The third kappa shape index (κ3) is 5.82. The predicted molar refractivity (Wildman–Crippen MR) is 114 cm³/mol. The Morgan fingerprint density at radius 2 is 2.00 bits per heavy atom. The average Bonchev–Trinajstić information content (AvgIpc) is 3.18. The van der Waals surface area contributed by atoms with Crippen LogP contribution in [0.15, 0.2) is 29.3 Å². The van der Waals surface area contributed by atoms with Gasteiger partial charge in [-0.05, 0) is 51.0 Å². The molecule has 156 valence electrons. The first-order valence-electron chi connectivity index (χ1n) is 10.7. The average molecular weight is 391 g/mol. The van der Waals surface area contributed by atoms with Gasteiger partial charge in [0.2, 0.25) is 0 Å². The largest absolute Gasteiger partial charge is 0.370 e. The smallest absolute Gasteiger partial charge is 0.188 e. The number of anilines is 1. The van der Waals surface area contributed by atoms with Crippen molar-refractivity contribution in [2.24, 2.45) is 10.7 Å². The van der Waals surface area contributed by atoms with Crippen LogP contribution in [-0.2, 0) is 0 Å². The zero-order valence-corrected chi connectivity index (χ0v) is 17.1. The molecule has 0 aliphatic carbocycles. The number of nitrogens with zero attached hydrogens (tertiary/aromatic N) is 4. The molecule has 7 heteroatoms. The van der Waals surface area contributed by atoms with Gasteiger partial charge in [0.25, 0.3) is 0 Å². The third-order valence-electron chi connectivity index (χ3n) is 5.90. The second kappa shape index (κ2) is 10.6. The van der Waals surface area contributed by atoms with Crippen LogP contribution in [0.3, 0.4) is 0 Å². The summed E-state index contributed by atoms with van der Waals surface area (Å²) in [5.41, 5.74) is 6.74. The Labute approximate surface area is 168 Å². The summed E-state index contributed by atoms with van der Waals surface area (Å²) in [6, 6.07) is 7.59. The first-order chi connectivity index (χ1) is 13.7. The van der Waals surface area contributed by atoms with Gasteiger partial charge >= 0.3 is 0 Å². The Hall–Kier alpha value is -1.86. The lowest BCUT2D eigenvalue weighted by molar-refractivity contribution is 0.254. The minimum atomic E-state index is -0.130. The highest BCUT2D eigenvalue weighted by molar-refractivity contribution is 5.77. The topological polar surface area (TPSA) is 60.1 Å². The molecule has 6 nitrogen and oxygen atoms in total. The number of likely N-dealkylation sites (tertiary alicyclic amines) is 1. The lowest BCUT2D eigenvalue weighted by Gasteiger charge is -2.36. The zero-order valence-electron chi connectivity index (χ0n) is 17.1. The van der Waals surface area contributed by atoms with Gasteiger partial charge < -0.3 is 16.0 Å². The summed E-state index contributed by atoms with van der Waals surface area (Å²) in [5, 5.41) is 3.24. The lowest BCUT2D eigenvalue weighted by atomic mass is 10.2. The number of nitrogens with one attached hydrogen (secondary N) is 1. The van der Waals surface area contributed by atoms with Crippen LogP contribution in [-0.4, -0.2) is 80.7 Å². The van der Waals surface area contributed by atoms with Crippen LogP contribution in [0.5, 0.6) is 0 Å². The molecular formula is C21H35FN6. The van der Waals surface area contributed by atoms with Crippen LogP contribution in [0.1, 0.15) is 26.2 Å². The van der Waals surface area contributed by atoms with Crippen LogP contribution in [0.2, 0.25) is 0 Å². The van der Waals surface area contributed by atoms with Gasteiger partial charge in [-0.3, -0.25) is 14.8 Å². The molecule has 1 aromatic rings. The number of para-hydroxylation sites is 1. The molecule has 28 heavy (non-hydrogen) atoms. The van der Waals surface area contributed by atoms with E-state index >= 15 is 0 Å². The van der Waals surface area contributed by atoms with Gasteiger partial charge in [-0.2, -0.15) is 0 Å². The van der Waals surface area contributed by atoms with Gasteiger partial charge in [-0.15, -0.1) is 0 Å². The van der Waals surface area contributed by atoms with Crippen LogP contribution >= 0.6 is 0 Å². The summed E-state index contributed by atoms with van der Waals surface area (Å²) in [6.07, 6.45) is 3.52. The highest BCUT2D eigenvalue weighted by Gasteiger charge is 2.22. The van der Waals surface area contributed by atoms with Crippen molar-refractivity contribution < 1.29 is 4.39 Å². The van der Waals surface area contributed by atoms with Crippen LogP contribution < -0.4 is 16.0 Å². The summed E-state index contributed by atoms with van der Waals surface area (Å²) < 4.78 is 13.9. The Bertz CT molecular complexity index is 629. The fraction of sp³-hybridized carbons (Fsp3) is 0.667. The number of hydrogen-bond acceptors (Lipinski definition) is 4. The van der Waals surface area contributed by atoms with Crippen LogP contribution in [0.4, 0.5) is 10.1 Å². The molecule has 0 amide bonds. The Balaban J connectivity index is 1.30. The van der Waals surface area contributed by atoms with Crippen molar-refractivity contribution in [2.45, 2.75) is 32.2 Å². The van der Waals surface area contributed by atoms with E-state index in [1.165, 1.54) is 25.5 Å². The summed E-state index contributed by atoms with van der Waals surface area (Å²) >= 11 is 0. The standard InChI is InChI=1S/C21H35FN6/c1-2-27-12-5-7-18(27)17-25-21(23)24-10-6-11-26-13-15-28(16-14-26)20-9-4-3-8-19(20)22/h3-4,8-9,18H,2,5-7,10-17H2,1H3,(H3,23,24,25). The molecule has 2 heterocycles. The lowest BCUT2D eigenvalue weighted by Crippen LogP contribution is -2.47. The number of benzene rings is 1. The summed E-state index contributed by atoms with van der Waals surface area (Å²) in [6.45, 7) is 10.8. The van der Waals surface area contributed by atoms with Gasteiger partial charge in [0, 0.05) is 38.8 Å². The van der Waals surface area contributed by atoms with E-state index in [-0.39, 0.29) is 5.82 Å². The van der Waals surface area contributed by atoms with Gasteiger partial charge in [-0.25, -0.2) is 4.39 Å². The zero-order chi connectivity index (χ0) is 19.8. The molecule has 1 unspecified atom stereocenters. The van der Waals surface area contributed by atoms with Gasteiger partial charge in [-0.1, -0.05) is 19.1 Å². The Morgan fingerprint density at radius 3 is 2.75 bits per heavy atom. The first-order valence-corrected chi connectivity index (χ1v) is 10.7. The first kappa shape index (κ1) is 20.9. The van der Waals surface area contributed by atoms with Crippen molar-refractivity contribution in [3.05, 3.63) is 30.1 Å². The summed E-state index contributed by atoms with van der Waals surface area (Å²) in [4.78, 5) is 11.6. The minimum Gasteiger partial charge on any atom is -0.370 e. The van der Waals surface area contributed by atoms with E-state index in [0.29, 0.717) is 12.0 Å². The number of nitrogens with two attached hydrogens (primary N) is 1. The number of likely N-dealkylation sites (N-methyl/N-ethyl adjacent to an activating group) is 1. The maximum absolute atomic E-state index is 13.9. The second-order valence-electron chi connectivity index (χ2n) is 7.71. The SMILES string of the molecule is CCN1CCCC1CN=C(N)NCCCN1CCN(c2ccccc2F)CC1. The highest BCUT2D eigenvalue weighted by atomic mass is 19.1. The quantitative estimate of drug-likeness (QED) is 0.402.